The molecular formula is C14H9N4O2S2-. The molecule has 2 aromatic carbocycles. The number of aromatic nitrogens is 2. The number of anilines is 3. The monoisotopic (exact) mass is 329 g/mol. The topological polar surface area (TPSA) is 84.3 Å². The van der Waals surface area contributed by atoms with Gasteiger partial charge in [0.05, 0.1) is 26.1 Å². The highest BCUT2D eigenvalue weighted by atomic mass is 32.1. The minimum atomic E-state index is -0.153. The van der Waals surface area contributed by atoms with Crippen LogP contribution in [0.4, 0.5) is 16.0 Å². The molecule has 0 aliphatic rings. The van der Waals surface area contributed by atoms with Crippen LogP contribution in [0.2, 0.25) is 0 Å². The summed E-state index contributed by atoms with van der Waals surface area (Å²) in [5.74, 6) is 0. The molecule has 22 heavy (non-hydrogen) atoms. The van der Waals surface area contributed by atoms with Crippen LogP contribution in [0.1, 0.15) is 0 Å². The third kappa shape index (κ3) is 2.38. The van der Waals surface area contributed by atoms with E-state index in [1.54, 1.807) is 23.5 Å². The van der Waals surface area contributed by atoms with E-state index >= 15 is 0 Å². The fourth-order valence-electron chi connectivity index (χ4n) is 2.10. The predicted molar refractivity (Wildman–Crippen MR) is 90.2 cm³/mol. The third-order valence-corrected chi connectivity index (χ3v) is 4.99. The van der Waals surface area contributed by atoms with Gasteiger partial charge in [-0.3, -0.25) is 5.21 Å². The number of fused-ring (bicyclic) bond motifs is 2. The Morgan fingerprint density at radius 3 is 2.36 bits per heavy atom. The number of para-hydroxylation sites is 1. The Labute approximate surface area is 132 Å². The van der Waals surface area contributed by atoms with Crippen LogP contribution >= 0.6 is 22.7 Å². The molecule has 0 fully saturated rings. The van der Waals surface area contributed by atoms with Crippen molar-refractivity contribution in [2.75, 3.05) is 10.5 Å². The fourth-order valence-corrected chi connectivity index (χ4v) is 3.93. The van der Waals surface area contributed by atoms with Gasteiger partial charge in [-0.25, -0.2) is 9.97 Å². The van der Waals surface area contributed by atoms with E-state index in [1.807, 2.05) is 24.3 Å². The SMILES string of the molecule is [O-]N(O)c1ccc2nc(Nc3nc4ccccc4s3)sc2c1. The van der Waals surface area contributed by atoms with Crippen LogP contribution in [-0.4, -0.2) is 15.2 Å². The van der Waals surface area contributed by atoms with Crippen molar-refractivity contribution in [3.8, 4) is 0 Å². The number of hydrogen-bond acceptors (Lipinski definition) is 8. The zero-order valence-electron chi connectivity index (χ0n) is 11.1. The molecule has 0 bridgehead atoms. The molecule has 4 aromatic rings. The van der Waals surface area contributed by atoms with Crippen LogP contribution in [0.3, 0.4) is 0 Å². The first kappa shape index (κ1) is 13.4. The number of benzene rings is 2. The largest absolute Gasteiger partial charge is 0.733 e. The van der Waals surface area contributed by atoms with Gasteiger partial charge in [0.25, 0.3) is 0 Å². The quantitative estimate of drug-likeness (QED) is 0.544. The Hall–Kier alpha value is -2.26. The van der Waals surface area contributed by atoms with E-state index in [4.69, 9.17) is 5.21 Å². The molecule has 0 saturated carbocycles. The first-order valence-corrected chi connectivity index (χ1v) is 8.02. The average molecular weight is 329 g/mol. The minimum absolute atomic E-state index is 0.153. The maximum absolute atomic E-state index is 10.9. The normalized spacial score (nSPS) is 11.2. The summed E-state index contributed by atoms with van der Waals surface area (Å²) in [6.07, 6.45) is 0. The number of nitrogens with one attached hydrogen (secondary N) is 1. The van der Waals surface area contributed by atoms with Crippen molar-refractivity contribution in [1.29, 1.82) is 0 Å². The summed E-state index contributed by atoms with van der Waals surface area (Å²) < 4.78 is 1.92. The molecular weight excluding hydrogens is 320 g/mol. The lowest BCUT2D eigenvalue weighted by Gasteiger charge is -2.20. The van der Waals surface area contributed by atoms with Gasteiger partial charge in [0.15, 0.2) is 10.3 Å². The van der Waals surface area contributed by atoms with Crippen LogP contribution in [0, 0.1) is 5.21 Å². The van der Waals surface area contributed by atoms with Crippen molar-refractivity contribution in [1.82, 2.24) is 9.97 Å². The molecule has 2 aromatic heterocycles. The summed E-state index contributed by atoms with van der Waals surface area (Å²) in [5.41, 5.74) is 1.89. The van der Waals surface area contributed by atoms with Gasteiger partial charge >= 0.3 is 0 Å². The van der Waals surface area contributed by atoms with Crippen molar-refractivity contribution in [3.05, 3.63) is 47.7 Å². The summed E-state index contributed by atoms with van der Waals surface area (Å²) in [4.78, 5) is 8.95. The predicted octanol–water partition coefficient (Wildman–Crippen LogP) is 4.34. The van der Waals surface area contributed by atoms with Gasteiger partial charge in [0.1, 0.15) is 0 Å². The Balaban J connectivity index is 1.68. The average Bonchev–Trinajstić information content (AvgIpc) is 3.08. The van der Waals surface area contributed by atoms with Gasteiger partial charge in [-0.1, -0.05) is 34.8 Å². The number of rotatable bonds is 3. The van der Waals surface area contributed by atoms with E-state index in [0.29, 0.717) is 5.13 Å². The molecule has 2 N–H and O–H groups in total. The second-order valence-electron chi connectivity index (χ2n) is 4.56. The lowest BCUT2D eigenvalue weighted by Crippen LogP contribution is -2.06. The van der Waals surface area contributed by atoms with E-state index in [0.717, 1.165) is 25.6 Å². The van der Waals surface area contributed by atoms with E-state index < -0.39 is 0 Å². The maximum atomic E-state index is 10.9. The smallest absolute Gasteiger partial charge is 0.190 e. The van der Waals surface area contributed by atoms with Gasteiger partial charge < -0.3 is 15.8 Å². The number of thiazole rings is 2. The molecule has 0 aliphatic heterocycles. The Kier molecular flexibility index (Phi) is 3.16. The van der Waals surface area contributed by atoms with Crippen molar-refractivity contribution in [2.45, 2.75) is 0 Å². The molecule has 0 aliphatic carbocycles. The highest BCUT2D eigenvalue weighted by molar-refractivity contribution is 7.24. The first-order valence-electron chi connectivity index (χ1n) is 6.38. The van der Waals surface area contributed by atoms with Crippen molar-refractivity contribution in [3.63, 3.8) is 0 Å². The second-order valence-corrected chi connectivity index (χ2v) is 6.62. The summed E-state index contributed by atoms with van der Waals surface area (Å²) in [6, 6.07) is 12.7. The van der Waals surface area contributed by atoms with Gasteiger partial charge in [-0.05, 0) is 30.3 Å². The molecule has 2 heterocycles. The highest BCUT2D eigenvalue weighted by Crippen LogP contribution is 2.33. The lowest BCUT2D eigenvalue weighted by atomic mass is 10.3. The second kappa shape index (κ2) is 5.18. The van der Waals surface area contributed by atoms with Gasteiger partial charge in [-0.15, -0.1) is 0 Å². The van der Waals surface area contributed by atoms with Crippen LogP contribution in [-0.2, 0) is 0 Å². The molecule has 4 rings (SSSR count). The molecule has 0 atom stereocenters. The van der Waals surface area contributed by atoms with Gasteiger partial charge in [-0.2, -0.15) is 0 Å². The molecule has 0 amide bonds. The van der Waals surface area contributed by atoms with E-state index in [1.165, 1.54) is 17.4 Å². The highest BCUT2D eigenvalue weighted by Gasteiger charge is 2.08. The minimum Gasteiger partial charge on any atom is -0.733 e. The molecule has 6 nitrogen and oxygen atoms in total. The zero-order valence-corrected chi connectivity index (χ0v) is 12.7. The Morgan fingerprint density at radius 1 is 0.955 bits per heavy atom. The summed E-state index contributed by atoms with van der Waals surface area (Å²) in [5, 5.41) is 24.4. The van der Waals surface area contributed by atoms with E-state index in [2.05, 4.69) is 15.3 Å². The molecule has 110 valence electrons. The molecule has 8 heteroatoms. The summed E-state index contributed by atoms with van der Waals surface area (Å²) >= 11 is 2.96. The Bertz CT molecular complexity index is 931. The Morgan fingerprint density at radius 2 is 1.64 bits per heavy atom. The van der Waals surface area contributed by atoms with Crippen LogP contribution in [0.5, 0.6) is 0 Å². The van der Waals surface area contributed by atoms with Crippen molar-refractivity contribution >= 4 is 59.1 Å². The molecule has 0 saturated heterocycles. The van der Waals surface area contributed by atoms with Gasteiger partial charge in [0.2, 0.25) is 0 Å². The van der Waals surface area contributed by atoms with Gasteiger partial charge in [0, 0.05) is 0 Å². The number of hydrogen-bond donors (Lipinski definition) is 2. The van der Waals surface area contributed by atoms with Crippen molar-refractivity contribution < 1.29 is 5.21 Å². The first-order chi connectivity index (χ1) is 10.7. The lowest BCUT2D eigenvalue weighted by molar-refractivity contribution is 0.296. The van der Waals surface area contributed by atoms with Crippen LogP contribution < -0.4 is 10.5 Å². The molecule has 0 spiro atoms. The molecule has 0 unspecified atom stereocenters. The van der Waals surface area contributed by atoms with Crippen LogP contribution in [0.15, 0.2) is 42.5 Å². The van der Waals surface area contributed by atoms with Crippen LogP contribution in [0.25, 0.3) is 20.4 Å². The summed E-state index contributed by atoms with van der Waals surface area (Å²) in [6.45, 7) is 0. The third-order valence-electron chi connectivity index (χ3n) is 3.10. The fraction of sp³-hybridized carbons (Fsp3) is 0. The zero-order chi connectivity index (χ0) is 15.1. The van der Waals surface area contributed by atoms with Crippen molar-refractivity contribution in [2.24, 2.45) is 0 Å². The maximum Gasteiger partial charge on any atom is 0.190 e. The van der Waals surface area contributed by atoms with E-state index in [9.17, 15) is 5.21 Å². The number of nitrogens with zero attached hydrogens (tertiary/aromatic N) is 3. The van der Waals surface area contributed by atoms with E-state index in [-0.39, 0.29) is 10.9 Å². The molecule has 0 radical (unpaired) electrons. The summed E-state index contributed by atoms with van der Waals surface area (Å²) in [7, 11) is 0. The standard InChI is InChI=1S/C14H9N4O2S2/c19-18(20)8-5-6-10-12(7-8)22-14(16-10)17-13-15-9-3-1-2-4-11(9)21-13/h1-7,19H,(H,15,16,17)/q-1.